The number of fused-ring (bicyclic) bond motifs is 3. The van der Waals surface area contributed by atoms with Gasteiger partial charge in [-0.15, -0.1) is 0 Å². The fraction of sp³-hybridized carbons (Fsp3) is 0.278. The second kappa shape index (κ2) is 6.43. The molecule has 130 valence electrons. The van der Waals surface area contributed by atoms with Gasteiger partial charge in [-0.3, -0.25) is 9.78 Å². The summed E-state index contributed by atoms with van der Waals surface area (Å²) in [5, 5.41) is 10.2. The molecule has 3 aromatic rings. The second-order valence-corrected chi connectivity index (χ2v) is 5.91. The van der Waals surface area contributed by atoms with Crippen molar-refractivity contribution >= 4 is 33.7 Å². The van der Waals surface area contributed by atoms with Crippen LogP contribution in [0.3, 0.4) is 0 Å². The first-order valence-corrected chi connectivity index (χ1v) is 8.00. The normalized spacial score (nSPS) is 12.4. The van der Waals surface area contributed by atoms with Crippen molar-refractivity contribution in [2.45, 2.75) is 26.3 Å². The first-order chi connectivity index (χ1) is 12.0. The van der Waals surface area contributed by atoms with Crippen LogP contribution >= 0.6 is 0 Å². The molecule has 1 aromatic carbocycles. The molecule has 3 N–H and O–H groups in total. The number of amides is 1. The van der Waals surface area contributed by atoms with Crippen molar-refractivity contribution in [3.05, 3.63) is 36.2 Å². The highest BCUT2D eigenvalue weighted by atomic mass is 16.5. The van der Waals surface area contributed by atoms with Crippen molar-refractivity contribution in [2.75, 3.05) is 6.61 Å². The van der Waals surface area contributed by atoms with Crippen LogP contribution < -0.4 is 10.5 Å². The molecule has 1 amide bonds. The van der Waals surface area contributed by atoms with Crippen molar-refractivity contribution in [3.8, 4) is 5.75 Å². The molecule has 1 atom stereocenters. The predicted octanol–water partition coefficient (Wildman–Crippen LogP) is 2.72. The van der Waals surface area contributed by atoms with Gasteiger partial charge < -0.3 is 20.1 Å². The molecule has 7 nitrogen and oxygen atoms in total. The molecule has 0 radical (unpaired) electrons. The van der Waals surface area contributed by atoms with Gasteiger partial charge in [0.05, 0.1) is 28.8 Å². The molecule has 0 saturated carbocycles. The maximum atomic E-state index is 11.9. The van der Waals surface area contributed by atoms with E-state index in [1.165, 1.54) is 6.20 Å². The maximum Gasteiger partial charge on any atom is 0.341 e. The summed E-state index contributed by atoms with van der Waals surface area (Å²) < 4.78 is 7.50. The lowest BCUT2D eigenvalue weighted by Crippen LogP contribution is -2.12. The number of carbonyl (C=O) groups excluding carboxylic acids is 1. The summed E-state index contributed by atoms with van der Waals surface area (Å²) in [7, 11) is 0. The van der Waals surface area contributed by atoms with E-state index >= 15 is 0 Å². The summed E-state index contributed by atoms with van der Waals surface area (Å²) in [6.45, 7) is 3.65. The summed E-state index contributed by atoms with van der Waals surface area (Å²) >= 11 is 0. The van der Waals surface area contributed by atoms with Crippen LogP contribution in [0.1, 0.15) is 36.7 Å². The summed E-state index contributed by atoms with van der Waals surface area (Å²) in [5.74, 6) is -1.31. The summed E-state index contributed by atoms with van der Waals surface area (Å²) in [6, 6.07) is 5.51. The number of hydrogen-bond acceptors (Lipinski definition) is 4. The quantitative estimate of drug-likeness (QED) is 0.717. The van der Waals surface area contributed by atoms with Crippen LogP contribution in [0.25, 0.3) is 21.8 Å². The third-order valence-corrected chi connectivity index (χ3v) is 4.35. The number of hydrogen-bond donors (Lipinski definition) is 2. The largest absolute Gasteiger partial charge is 0.480 e. The van der Waals surface area contributed by atoms with Gasteiger partial charge in [-0.05, 0) is 25.5 Å². The van der Waals surface area contributed by atoms with Crippen LogP contribution in [-0.4, -0.2) is 33.1 Å². The van der Waals surface area contributed by atoms with Crippen molar-refractivity contribution in [2.24, 2.45) is 5.73 Å². The molecule has 7 heteroatoms. The number of aliphatic carboxylic acids is 1. The Bertz CT molecular complexity index is 977. The Morgan fingerprint density at radius 1 is 1.28 bits per heavy atom. The molecule has 0 aliphatic heterocycles. The fourth-order valence-corrected chi connectivity index (χ4v) is 3.11. The van der Waals surface area contributed by atoms with Crippen molar-refractivity contribution < 1.29 is 19.4 Å². The van der Waals surface area contributed by atoms with Crippen LogP contribution in [0.15, 0.2) is 30.6 Å². The van der Waals surface area contributed by atoms with Gasteiger partial charge in [-0.25, -0.2) is 4.79 Å². The van der Waals surface area contributed by atoms with E-state index in [0.29, 0.717) is 22.1 Å². The van der Waals surface area contributed by atoms with E-state index in [0.717, 1.165) is 17.5 Å². The number of carboxylic acids is 1. The molecule has 2 aromatic heterocycles. The highest BCUT2D eigenvalue weighted by molar-refractivity contribution is 6.19. The minimum Gasteiger partial charge on any atom is -0.480 e. The third-order valence-electron chi connectivity index (χ3n) is 4.35. The third kappa shape index (κ3) is 2.77. The van der Waals surface area contributed by atoms with Gasteiger partial charge in [-0.1, -0.05) is 13.0 Å². The van der Waals surface area contributed by atoms with Gasteiger partial charge in [0.2, 0.25) is 5.91 Å². The topological polar surface area (TPSA) is 107 Å². The summed E-state index contributed by atoms with van der Waals surface area (Å²) in [4.78, 5) is 27.0. The first-order valence-electron chi connectivity index (χ1n) is 8.00. The Labute approximate surface area is 144 Å². The molecule has 0 saturated heterocycles. The van der Waals surface area contributed by atoms with Crippen molar-refractivity contribution in [1.82, 2.24) is 9.55 Å². The summed E-state index contributed by atoms with van der Waals surface area (Å²) in [6.07, 6.45) is 4.03. The second-order valence-electron chi connectivity index (χ2n) is 5.91. The molecular formula is C18H19N3O4. The van der Waals surface area contributed by atoms with Crippen LogP contribution in [0, 0.1) is 0 Å². The molecule has 0 spiro atoms. The maximum absolute atomic E-state index is 11.9. The smallest absolute Gasteiger partial charge is 0.341 e. The number of carboxylic acid groups (broad SMARTS) is 1. The average Bonchev–Trinajstić information content (AvgIpc) is 2.93. The first kappa shape index (κ1) is 16.8. The van der Waals surface area contributed by atoms with Crippen LogP contribution in [-0.2, 0) is 4.79 Å². The molecule has 1 unspecified atom stereocenters. The summed E-state index contributed by atoms with van der Waals surface area (Å²) in [5.41, 5.74) is 7.55. The zero-order chi connectivity index (χ0) is 18.1. The number of pyridine rings is 1. The van der Waals surface area contributed by atoms with Crippen LogP contribution in [0.4, 0.5) is 0 Å². The van der Waals surface area contributed by atoms with E-state index in [9.17, 15) is 9.59 Å². The Balaban J connectivity index is 2.43. The predicted molar refractivity (Wildman–Crippen MR) is 93.9 cm³/mol. The van der Waals surface area contributed by atoms with Gasteiger partial charge in [0.15, 0.2) is 6.61 Å². The van der Waals surface area contributed by atoms with E-state index in [4.69, 9.17) is 15.6 Å². The zero-order valence-electron chi connectivity index (χ0n) is 14.0. The van der Waals surface area contributed by atoms with E-state index < -0.39 is 18.5 Å². The minimum atomic E-state index is -1.09. The fourth-order valence-electron chi connectivity index (χ4n) is 3.11. The standard InChI is InChI=1S/C18H19N3O4/c1-3-10(2)21-12-6-4-5-11(18(19)24)16(12)17-13(21)7-20-8-14(17)25-9-15(22)23/h4-8,10H,3,9H2,1-2H3,(H2,19,24)(H,22,23). The highest BCUT2D eigenvalue weighted by Gasteiger charge is 2.22. The van der Waals surface area contributed by atoms with Gasteiger partial charge in [0, 0.05) is 17.0 Å². The monoisotopic (exact) mass is 341 g/mol. The number of aromatic nitrogens is 2. The van der Waals surface area contributed by atoms with Gasteiger partial charge >= 0.3 is 5.97 Å². The molecule has 25 heavy (non-hydrogen) atoms. The zero-order valence-corrected chi connectivity index (χ0v) is 14.0. The molecular weight excluding hydrogens is 322 g/mol. The Hall–Kier alpha value is -3.09. The molecule has 0 aliphatic carbocycles. The molecule has 0 aliphatic rings. The Kier molecular flexibility index (Phi) is 4.31. The number of nitrogens with two attached hydrogens (primary N) is 1. The van der Waals surface area contributed by atoms with E-state index in [-0.39, 0.29) is 6.04 Å². The number of ether oxygens (including phenoxy) is 1. The van der Waals surface area contributed by atoms with Crippen LogP contribution in [0.5, 0.6) is 5.75 Å². The molecule has 0 bridgehead atoms. The number of rotatable bonds is 6. The Morgan fingerprint density at radius 2 is 2.04 bits per heavy atom. The van der Waals surface area contributed by atoms with E-state index in [1.54, 1.807) is 18.3 Å². The molecule has 3 rings (SSSR count). The Morgan fingerprint density at radius 3 is 2.68 bits per heavy atom. The van der Waals surface area contributed by atoms with Gasteiger partial charge in [0.25, 0.3) is 0 Å². The SMILES string of the molecule is CCC(C)n1c2cncc(OCC(=O)O)c2c2c(C(N)=O)cccc21. The van der Waals surface area contributed by atoms with Gasteiger partial charge in [-0.2, -0.15) is 0 Å². The number of primary amides is 1. The highest BCUT2D eigenvalue weighted by Crippen LogP contribution is 2.39. The molecule has 2 heterocycles. The number of carbonyl (C=O) groups is 2. The number of benzene rings is 1. The lowest BCUT2D eigenvalue weighted by molar-refractivity contribution is -0.139. The van der Waals surface area contributed by atoms with Crippen molar-refractivity contribution in [1.29, 1.82) is 0 Å². The van der Waals surface area contributed by atoms with Crippen molar-refractivity contribution in [3.63, 3.8) is 0 Å². The average molecular weight is 341 g/mol. The lowest BCUT2D eigenvalue weighted by Gasteiger charge is -2.14. The van der Waals surface area contributed by atoms with E-state index in [1.807, 2.05) is 6.07 Å². The number of nitrogens with zero attached hydrogens (tertiary/aromatic N) is 2. The molecule has 0 fully saturated rings. The van der Waals surface area contributed by atoms with Gasteiger partial charge in [0.1, 0.15) is 5.75 Å². The lowest BCUT2D eigenvalue weighted by atomic mass is 10.1. The minimum absolute atomic E-state index is 0.152. The van der Waals surface area contributed by atoms with E-state index in [2.05, 4.69) is 23.4 Å². The van der Waals surface area contributed by atoms with Crippen LogP contribution in [0.2, 0.25) is 0 Å².